The molecular formula is C17H21FN2O2. The topological polar surface area (TPSA) is 68.3 Å². The fourth-order valence-corrected chi connectivity index (χ4v) is 1.97. The number of carbonyl (C=O) groups is 1. The number of hydrogen-bond acceptors (Lipinski definition) is 3. The molecule has 1 amide bonds. The predicted octanol–water partition coefficient (Wildman–Crippen LogP) is 2.87. The van der Waals surface area contributed by atoms with Crippen molar-refractivity contribution in [3.8, 4) is 11.3 Å². The van der Waals surface area contributed by atoms with Gasteiger partial charge in [0, 0.05) is 24.9 Å². The Morgan fingerprint density at radius 1 is 1.27 bits per heavy atom. The van der Waals surface area contributed by atoms with E-state index >= 15 is 0 Å². The Labute approximate surface area is 129 Å². The number of halogens is 1. The third-order valence-corrected chi connectivity index (χ3v) is 3.14. The van der Waals surface area contributed by atoms with E-state index in [-0.39, 0.29) is 11.7 Å². The quantitative estimate of drug-likeness (QED) is 0.862. The zero-order valence-electron chi connectivity index (χ0n) is 12.9. The smallest absolute Gasteiger partial charge is 0.220 e. The van der Waals surface area contributed by atoms with E-state index in [4.69, 9.17) is 10.2 Å². The van der Waals surface area contributed by atoms with Gasteiger partial charge in [0.2, 0.25) is 5.91 Å². The van der Waals surface area contributed by atoms with Gasteiger partial charge in [-0.25, -0.2) is 4.39 Å². The van der Waals surface area contributed by atoms with Crippen LogP contribution in [-0.4, -0.2) is 18.0 Å². The van der Waals surface area contributed by atoms with Gasteiger partial charge in [0.25, 0.3) is 0 Å². The summed E-state index contributed by atoms with van der Waals surface area (Å²) in [5, 5.41) is 2.77. The molecule has 22 heavy (non-hydrogen) atoms. The van der Waals surface area contributed by atoms with Crippen molar-refractivity contribution in [3.05, 3.63) is 48.0 Å². The highest BCUT2D eigenvalue weighted by molar-refractivity contribution is 5.76. The van der Waals surface area contributed by atoms with Crippen LogP contribution in [0.3, 0.4) is 0 Å². The molecule has 1 aromatic carbocycles. The maximum absolute atomic E-state index is 13.7. The van der Waals surface area contributed by atoms with E-state index in [0.29, 0.717) is 36.5 Å². The molecule has 4 nitrogen and oxygen atoms in total. The van der Waals surface area contributed by atoms with Crippen LogP contribution >= 0.6 is 0 Å². The van der Waals surface area contributed by atoms with Gasteiger partial charge >= 0.3 is 0 Å². The molecule has 2 aromatic rings. The Kier molecular flexibility index (Phi) is 4.98. The predicted molar refractivity (Wildman–Crippen MR) is 83.7 cm³/mol. The lowest BCUT2D eigenvalue weighted by molar-refractivity contribution is -0.121. The van der Waals surface area contributed by atoms with E-state index in [1.54, 1.807) is 30.3 Å². The van der Waals surface area contributed by atoms with Crippen LogP contribution < -0.4 is 11.1 Å². The minimum absolute atomic E-state index is 0.0811. The lowest BCUT2D eigenvalue weighted by Crippen LogP contribution is -2.45. The van der Waals surface area contributed by atoms with Gasteiger partial charge in [0.15, 0.2) is 0 Å². The third kappa shape index (κ3) is 4.70. The number of rotatable bonds is 6. The van der Waals surface area contributed by atoms with Crippen LogP contribution in [0.5, 0.6) is 0 Å². The van der Waals surface area contributed by atoms with Crippen LogP contribution in [0.4, 0.5) is 4.39 Å². The van der Waals surface area contributed by atoms with E-state index in [1.165, 1.54) is 6.07 Å². The molecule has 0 unspecified atom stereocenters. The molecule has 0 aliphatic rings. The highest BCUT2D eigenvalue weighted by Crippen LogP contribution is 2.25. The van der Waals surface area contributed by atoms with Crippen molar-refractivity contribution in [3.63, 3.8) is 0 Å². The summed E-state index contributed by atoms with van der Waals surface area (Å²) in [5.74, 6) is 0.714. The first kappa shape index (κ1) is 16.2. The number of amides is 1. The number of carbonyl (C=O) groups excluding carboxylic acids is 1. The number of aryl methyl sites for hydroxylation is 1. The summed E-state index contributed by atoms with van der Waals surface area (Å²) >= 11 is 0. The van der Waals surface area contributed by atoms with Crippen molar-refractivity contribution < 1.29 is 13.6 Å². The maximum Gasteiger partial charge on any atom is 0.220 e. The standard InChI is InChI=1S/C17H21FN2O2/c1-17(2,19)11-20-16(21)10-8-12-7-9-15(22-12)13-5-3-4-6-14(13)18/h3-7,9H,8,10-11,19H2,1-2H3,(H,20,21). The van der Waals surface area contributed by atoms with Crippen molar-refractivity contribution in [2.45, 2.75) is 32.2 Å². The van der Waals surface area contributed by atoms with E-state index < -0.39 is 5.54 Å². The Hall–Kier alpha value is -2.14. The number of hydrogen-bond donors (Lipinski definition) is 2. The number of benzene rings is 1. The molecule has 5 heteroatoms. The van der Waals surface area contributed by atoms with Crippen LogP contribution in [-0.2, 0) is 11.2 Å². The molecule has 0 saturated carbocycles. The largest absolute Gasteiger partial charge is 0.461 e. The molecule has 0 aliphatic heterocycles. The Bertz CT molecular complexity index is 644. The molecule has 0 fully saturated rings. The molecule has 0 atom stereocenters. The summed E-state index contributed by atoms with van der Waals surface area (Å²) in [6.07, 6.45) is 0.769. The summed E-state index contributed by atoms with van der Waals surface area (Å²) in [6.45, 7) is 4.12. The molecule has 1 heterocycles. The average molecular weight is 304 g/mol. The van der Waals surface area contributed by atoms with Gasteiger partial charge < -0.3 is 15.5 Å². The SMILES string of the molecule is CC(C)(N)CNC(=O)CCc1ccc(-c2ccccc2F)o1. The van der Waals surface area contributed by atoms with Gasteiger partial charge in [0.1, 0.15) is 17.3 Å². The number of nitrogens with one attached hydrogen (secondary N) is 1. The summed E-state index contributed by atoms with van der Waals surface area (Å²) in [4.78, 5) is 11.7. The van der Waals surface area contributed by atoms with Gasteiger partial charge in [-0.1, -0.05) is 12.1 Å². The monoisotopic (exact) mass is 304 g/mol. The first-order valence-electron chi connectivity index (χ1n) is 7.24. The second-order valence-corrected chi connectivity index (χ2v) is 6.01. The first-order chi connectivity index (χ1) is 10.3. The number of furan rings is 1. The normalized spacial score (nSPS) is 11.5. The van der Waals surface area contributed by atoms with Gasteiger partial charge in [-0.2, -0.15) is 0 Å². The van der Waals surface area contributed by atoms with Crippen LogP contribution in [0.25, 0.3) is 11.3 Å². The van der Waals surface area contributed by atoms with Crippen LogP contribution in [0, 0.1) is 5.82 Å². The average Bonchev–Trinajstić information content (AvgIpc) is 2.91. The van der Waals surface area contributed by atoms with Gasteiger partial charge in [-0.15, -0.1) is 0 Å². The summed E-state index contributed by atoms with van der Waals surface area (Å²) in [5.41, 5.74) is 5.79. The van der Waals surface area contributed by atoms with E-state index in [9.17, 15) is 9.18 Å². The van der Waals surface area contributed by atoms with Gasteiger partial charge in [-0.3, -0.25) is 4.79 Å². The third-order valence-electron chi connectivity index (χ3n) is 3.14. The summed E-state index contributed by atoms with van der Waals surface area (Å²) in [7, 11) is 0. The van der Waals surface area contributed by atoms with Crippen molar-refractivity contribution in [1.82, 2.24) is 5.32 Å². The highest BCUT2D eigenvalue weighted by atomic mass is 19.1. The van der Waals surface area contributed by atoms with Crippen molar-refractivity contribution in [2.24, 2.45) is 5.73 Å². The molecule has 118 valence electrons. The van der Waals surface area contributed by atoms with E-state index in [0.717, 1.165) is 0 Å². The Balaban J connectivity index is 1.90. The van der Waals surface area contributed by atoms with Crippen LogP contribution in [0.2, 0.25) is 0 Å². The fraction of sp³-hybridized carbons (Fsp3) is 0.353. The maximum atomic E-state index is 13.7. The molecule has 0 saturated heterocycles. The van der Waals surface area contributed by atoms with Crippen LogP contribution in [0.1, 0.15) is 26.0 Å². The minimum Gasteiger partial charge on any atom is -0.461 e. The second-order valence-electron chi connectivity index (χ2n) is 6.01. The molecule has 0 bridgehead atoms. The Morgan fingerprint density at radius 3 is 2.68 bits per heavy atom. The van der Waals surface area contributed by atoms with Crippen LogP contribution in [0.15, 0.2) is 40.8 Å². The van der Waals surface area contributed by atoms with Crippen molar-refractivity contribution in [1.29, 1.82) is 0 Å². The highest BCUT2D eigenvalue weighted by Gasteiger charge is 2.13. The second kappa shape index (κ2) is 6.75. The summed E-state index contributed by atoms with van der Waals surface area (Å²) < 4.78 is 19.3. The zero-order chi connectivity index (χ0) is 16.2. The van der Waals surface area contributed by atoms with Gasteiger partial charge in [-0.05, 0) is 38.1 Å². The Morgan fingerprint density at radius 2 is 2.00 bits per heavy atom. The molecular weight excluding hydrogens is 283 g/mol. The lowest BCUT2D eigenvalue weighted by atomic mass is 10.1. The molecule has 2 rings (SSSR count). The first-order valence-corrected chi connectivity index (χ1v) is 7.24. The fourth-order valence-electron chi connectivity index (χ4n) is 1.97. The zero-order valence-corrected chi connectivity index (χ0v) is 12.9. The van der Waals surface area contributed by atoms with Crippen molar-refractivity contribution in [2.75, 3.05) is 6.54 Å². The van der Waals surface area contributed by atoms with Gasteiger partial charge in [0.05, 0.1) is 5.56 Å². The molecule has 0 aliphatic carbocycles. The number of nitrogens with two attached hydrogens (primary N) is 1. The summed E-state index contributed by atoms with van der Waals surface area (Å²) in [6, 6.07) is 9.92. The van der Waals surface area contributed by atoms with E-state index in [2.05, 4.69) is 5.32 Å². The van der Waals surface area contributed by atoms with Crippen molar-refractivity contribution >= 4 is 5.91 Å². The minimum atomic E-state index is -0.432. The molecule has 0 spiro atoms. The van der Waals surface area contributed by atoms with E-state index in [1.807, 2.05) is 13.8 Å². The molecule has 3 N–H and O–H groups in total. The molecule has 0 radical (unpaired) electrons. The lowest BCUT2D eigenvalue weighted by Gasteiger charge is -2.18. The molecule has 1 aromatic heterocycles.